The minimum Gasteiger partial charge on any atom is -0.394 e. The second-order valence-electron chi connectivity index (χ2n) is 9.82. The van der Waals surface area contributed by atoms with Crippen LogP contribution in [0.4, 0.5) is 11.6 Å². The predicted octanol–water partition coefficient (Wildman–Crippen LogP) is 3.55. The number of nitrogens with one attached hydrogen (secondary N) is 1. The first-order valence-corrected chi connectivity index (χ1v) is 13.1. The van der Waals surface area contributed by atoms with E-state index in [1.54, 1.807) is 5.56 Å². The minimum atomic E-state index is -0.992. The lowest BCUT2D eigenvalue weighted by Crippen LogP contribution is -2.48. The van der Waals surface area contributed by atoms with Crippen LogP contribution in [-0.4, -0.2) is 45.3 Å². The average Bonchev–Trinajstić information content (AvgIpc) is 3.13. The van der Waals surface area contributed by atoms with Gasteiger partial charge in [-0.2, -0.15) is 0 Å². The van der Waals surface area contributed by atoms with Gasteiger partial charge < -0.3 is 15.3 Å². The number of aliphatic hydroxyl groups excluding tert-OH is 1. The summed E-state index contributed by atoms with van der Waals surface area (Å²) >= 11 is 0. The number of anilines is 2. The Hall–Kier alpha value is -1.92. The van der Waals surface area contributed by atoms with Crippen molar-refractivity contribution in [2.24, 2.45) is 0 Å². The Kier molecular flexibility index (Phi) is 4.83. The number of aromatic nitrogens is 1. The van der Waals surface area contributed by atoms with Gasteiger partial charge in [0, 0.05) is 18.8 Å². The highest BCUT2D eigenvalue weighted by Gasteiger charge is 2.38. The van der Waals surface area contributed by atoms with Crippen molar-refractivity contribution in [1.82, 2.24) is 4.98 Å². The van der Waals surface area contributed by atoms with Crippen molar-refractivity contribution in [3.8, 4) is 0 Å². The molecule has 1 saturated carbocycles. The Bertz CT molecular complexity index is 1040. The zero-order valence-corrected chi connectivity index (χ0v) is 18.8. The molecule has 2 aliphatic carbocycles. The number of aliphatic hydroxyl groups is 1. The molecular weight excluding hydrogens is 406 g/mol. The van der Waals surface area contributed by atoms with Crippen LogP contribution in [-0.2, 0) is 30.1 Å². The maximum absolute atomic E-state index is 12.7. The summed E-state index contributed by atoms with van der Waals surface area (Å²) in [5.41, 5.74) is 5.48. The fraction of sp³-hybridized carbons (Fsp3) is 0.560. The van der Waals surface area contributed by atoms with E-state index in [0.29, 0.717) is 11.7 Å². The van der Waals surface area contributed by atoms with Gasteiger partial charge in [-0.05, 0) is 85.6 Å². The highest BCUT2D eigenvalue weighted by atomic mass is 32.2. The van der Waals surface area contributed by atoms with Crippen molar-refractivity contribution < 1.29 is 9.32 Å². The molecule has 0 radical (unpaired) electrons. The molecule has 2 N–H and O–H groups in total. The van der Waals surface area contributed by atoms with Crippen molar-refractivity contribution in [2.75, 3.05) is 35.7 Å². The molecule has 1 unspecified atom stereocenters. The van der Waals surface area contributed by atoms with Gasteiger partial charge in [-0.3, -0.25) is 4.21 Å². The summed E-state index contributed by atoms with van der Waals surface area (Å²) < 4.78 is 12.7. The molecule has 4 aliphatic rings. The molecule has 2 fully saturated rings. The van der Waals surface area contributed by atoms with Gasteiger partial charge in [-0.1, -0.05) is 18.2 Å². The number of benzene rings is 1. The molecule has 2 aromatic rings. The van der Waals surface area contributed by atoms with Crippen LogP contribution in [0, 0.1) is 0 Å². The maximum atomic E-state index is 12.7. The molecule has 164 valence electrons. The zero-order valence-electron chi connectivity index (χ0n) is 18.0. The molecule has 0 spiro atoms. The molecule has 3 heterocycles. The maximum Gasteiger partial charge on any atom is 0.145 e. The number of nitrogens with zero attached hydrogens (tertiary/aromatic N) is 2. The summed E-state index contributed by atoms with van der Waals surface area (Å²) in [6.07, 6.45) is 8.65. The zero-order chi connectivity index (χ0) is 21.0. The number of rotatable bonds is 5. The Balaban J connectivity index is 1.23. The fourth-order valence-electron chi connectivity index (χ4n) is 5.65. The van der Waals surface area contributed by atoms with Crippen molar-refractivity contribution in [2.45, 2.75) is 67.7 Å². The first-order chi connectivity index (χ1) is 15.1. The lowest BCUT2D eigenvalue weighted by Gasteiger charge is -2.42. The van der Waals surface area contributed by atoms with Crippen molar-refractivity contribution >= 4 is 22.4 Å². The van der Waals surface area contributed by atoms with E-state index in [2.05, 4.69) is 34.5 Å². The van der Waals surface area contributed by atoms with Crippen LogP contribution < -0.4 is 10.2 Å². The van der Waals surface area contributed by atoms with E-state index in [4.69, 9.17) is 4.98 Å². The summed E-state index contributed by atoms with van der Waals surface area (Å²) in [6, 6.07) is 9.29. The average molecular weight is 438 g/mol. The third-order valence-corrected chi connectivity index (χ3v) is 9.49. The molecular formula is C25H31N3O2S. The molecule has 0 amide bonds. The first kappa shape index (κ1) is 19.7. The second kappa shape index (κ2) is 7.59. The molecule has 0 bridgehead atoms. The lowest BCUT2D eigenvalue weighted by atomic mass is 9.77. The smallest absolute Gasteiger partial charge is 0.145 e. The molecule has 1 atom stereocenters. The molecule has 1 aromatic carbocycles. The quantitative estimate of drug-likeness (QED) is 0.749. The van der Waals surface area contributed by atoms with Gasteiger partial charge in [0.25, 0.3) is 0 Å². The van der Waals surface area contributed by atoms with Crippen LogP contribution in [0.3, 0.4) is 0 Å². The molecule has 31 heavy (non-hydrogen) atoms. The van der Waals surface area contributed by atoms with E-state index in [0.717, 1.165) is 68.1 Å². The van der Waals surface area contributed by atoms with Crippen molar-refractivity contribution in [3.05, 3.63) is 46.5 Å². The van der Waals surface area contributed by atoms with Crippen molar-refractivity contribution in [3.63, 3.8) is 0 Å². The largest absolute Gasteiger partial charge is 0.394 e. The summed E-state index contributed by atoms with van der Waals surface area (Å²) in [6.45, 7) is 2.11. The second-order valence-corrected chi connectivity index (χ2v) is 11.3. The number of hydrogen-bond acceptors (Lipinski definition) is 5. The Morgan fingerprint density at radius 2 is 1.90 bits per heavy atom. The number of hydrogen-bond donors (Lipinski definition) is 2. The number of piperidine rings is 1. The van der Waals surface area contributed by atoms with Crippen LogP contribution in [0.5, 0.6) is 0 Å². The van der Waals surface area contributed by atoms with Gasteiger partial charge in [0.05, 0.1) is 27.8 Å². The van der Waals surface area contributed by atoms with Crippen LogP contribution in [0.25, 0.3) is 0 Å². The highest BCUT2D eigenvalue weighted by Crippen LogP contribution is 2.40. The van der Waals surface area contributed by atoms with E-state index < -0.39 is 10.8 Å². The third kappa shape index (κ3) is 3.39. The van der Waals surface area contributed by atoms with Crippen LogP contribution in [0.1, 0.15) is 60.3 Å². The Morgan fingerprint density at radius 3 is 2.55 bits per heavy atom. The number of aryl methyl sites for hydroxylation is 3. The monoisotopic (exact) mass is 437 g/mol. The highest BCUT2D eigenvalue weighted by molar-refractivity contribution is 7.85. The van der Waals surface area contributed by atoms with E-state index in [1.807, 2.05) is 0 Å². The van der Waals surface area contributed by atoms with Gasteiger partial charge in [0.15, 0.2) is 0 Å². The van der Waals surface area contributed by atoms with Crippen LogP contribution in [0.2, 0.25) is 0 Å². The van der Waals surface area contributed by atoms with Crippen molar-refractivity contribution in [1.29, 1.82) is 0 Å². The summed E-state index contributed by atoms with van der Waals surface area (Å²) in [7, 11) is -0.992. The van der Waals surface area contributed by atoms with Gasteiger partial charge in [-0.25, -0.2) is 4.98 Å². The summed E-state index contributed by atoms with van der Waals surface area (Å²) in [5, 5.41) is 13.5. The van der Waals surface area contributed by atoms with Crippen LogP contribution >= 0.6 is 0 Å². The van der Waals surface area contributed by atoms with Gasteiger partial charge in [0.1, 0.15) is 11.6 Å². The normalized spacial score (nSPS) is 24.2. The van der Waals surface area contributed by atoms with E-state index in [-0.39, 0.29) is 12.1 Å². The molecule has 6 heteroatoms. The van der Waals surface area contributed by atoms with Gasteiger partial charge >= 0.3 is 0 Å². The van der Waals surface area contributed by atoms with E-state index in [9.17, 15) is 9.32 Å². The molecule has 6 rings (SSSR count). The summed E-state index contributed by atoms with van der Waals surface area (Å²) in [5.74, 6) is 3.07. The van der Waals surface area contributed by atoms with Gasteiger partial charge in [0.2, 0.25) is 0 Å². The Labute approximate surface area is 186 Å². The topological polar surface area (TPSA) is 65.5 Å². The van der Waals surface area contributed by atoms with Crippen LogP contribution in [0.15, 0.2) is 29.2 Å². The third-order valence-electron chi connectivity index (χ3n) is 8.00. The standard InChI is InChI=1S/C25H31N3O2S/c29-16-25(9-1-10-25)27-24-23-21(8-13-31(23)30)15-22(26-24)28-11-6-18(7-12-28)20-5-3-17-2-4-19(17)14-20/h3,5,14-15,18,29H,1-2,4,6-13,16H2,(H,26,27). The lowest BCUT2D eigenvalue weighted by molar-refractivity contribution is 0.143. The summed E-state index contributed by atoms with van der Waals surface area (Å²) in [4.78, 5) is 8.25. The minimum absolute atomic E-state index is 0.104. The molecule has 1 saturated heterocycles. The first-order valence-electron chi connectivity index (χ1n) is 11.8. The number of pyridine rings is 1. The SMILES string of the molecule is O=S1CCc2cc(N3CCC(c4ccc5c(c4)CC5)CC3)nc(NC3(CO)CCC3)c21. The number of fused-ring (bicyclic) bond motifs is 2. The Morgan fingerprint density at radius 1 is 1.10 bits per heavy atom. The van der Waals surface area contributed by atoms with E-state index in [1.165, 1.54) is 29.5 Å². The molecule has 1 aromatic heterocycles. The predicted molar refractivity (Wildman–Crippen MR) is 125 cm³/mol. The van der Waals surface area contributed by atoms with Gasteiger partial charge in [-0.15, -0.1) is 0 Å². The fourth-order valence-corrected chi connectivity index (χ4v) is 7.03. The van der Waals surface area contributed by atoms with E-state index >= 15 is 0 Å². The molecule has 2 aliphatic heterocycles. The molecule has 5 nitrogen and oxygen atoms in total.